The molecule has 2 nitrogen and oxygen atoms in total. The molecule has 0 saturated carbocycles. The van der Waals surface area contributed by atoms with Crippen molar-refractivity contribution in [1.82, 2.24) is 5.43 Å². The van der Waals surface area contributed by atoms with E-state index in [9.17, 15) is 8.78 Å². The quantitative estimate of drug-likeness (QED) is 0.464. The SMILES string of the molecule is NNC(c1ccc(Br)s1)c1c(F)ccc(Br)c1F. The van der Waals surface area contributed by atoms with Gasteiger partial charge in [0.25, 0.3) is 0 Å². The van der Waals surface area contributed by atoms with Crippen LogP contribution in [0.3, 0.4) is 0 Å². The molecular weight excluding hydrogens is 390 g/mol. The summed E-state index contributed by atoms with van der Waals surface area (Å²) in [5, 5.41) is 0. The Morgan fingerprint density at radius 3 is 2.44 bits per heavy atom. The molecule has 7 heteroatoms. The Morgan fingerprint density at radius 1 is 1.17 bits per heavy atom. The number of halogens is 4. The Balaban J connectivity index is 2.55. The zero-order valence-corrected chi connectivity index (χ0v) is 12.9. The molecule has 0 aliphatic heterocycles. The molecule has 0 fully saturated rings. The highest BCUT2D eigenvalue weighted by Gasteiger charge is 2.23. The largest absolute Gasteiger partial charge is 0.271 e. The van der Waals surface area contributed by atoms with Gasteiger partial charge in [-0.05, 0) is 56.1 Å². The first-order chi connectivity index (χ1) is 8.54. The standard InChI is InChI=1S/C11H8Br2F2N2S/c12-5-1-2-6(14)9(10(5)15)11(17-16)7-3-4-8(13)18-7/h1-4,11,17H,16H2. The zero-order valence-electron chi connectivity index (χ0n) is 8.88. The molecule has 3 N–H and O–H groups in total. The predicted molar refractivity (Wildman–Crippen MR) is 75.2 cm³/mol. The fourth-order valence-corrected chi connectivity index (χ4v) is 3.44. The summed E-state index contributed by atoms with van der Waals surface area (Å²) >= 11 is 7.71. The Hall–Kier alpha value is -0.340. The summed E-state index contributed by atoms with van der Waals surface area (Å²) in [7, 11) is 0. The first-order valence-corrected chi connectivity index (χ1v) is 7.29. The van der Waals surface area contributed by atoms with Crippen molar-refractivity contribution in [2.75, 3.05) is 0 Å². The lowest BCUT2D eigenvalue weighted by Crippen LogP contribution is -2.29. The highest BCUT2D eigenvalue weighted by Crippen LogP contribution is 2.34. The van der Waals surface area contributed by atoms with E-state index in [1.807, 2.05) is 0 Å². The van der Waals surface area contributed by atoms with Gasteiger partial charge in [0, 0.05) is 10.4 Å². The summed E-state index contributed by atoms with van der Waals surface area (Å²) in [5.74, 6) is 4.14. The molecule has 1 aromatic heterocycles. The van der Waals surface area contributed by atoms with Crippen LogP contribution >= 0.6 is 43.2 Å². The first-order valence-electron chi connectivity index (χ1n) is 4.89. The molecule has 1 unspecified atom stereocenters. The molecule has 0 aliphatic rings. The van der Waals surface area contributed by atoms with Gasteiger partial charge in [0.1, 0.15) is 11.6 Å². The Bertz CT molecular complexity index is 574. The van der Waals surface area contributed by atoms with Crippen LogP contribution in [0.2, 0.25) is 0 Å². The zero-order chi connectivity index (χ0) is 13.3. The lowest BCUT2D eigenvalue weighted by molar-refractivity contribution is 0.510. The second-order valence-corrected chi connectivity index (χ2v) is 6.85. The summed E-state index contributed by atoms with van der Waals surface area (Å²) in [5.41, 5.74) is 2.35. The summed E-state index contributed by atoms with van der Waals surface area (Å²) in [6.45, 7) is 0. The van der Waals surface area contributed by atoms with Crippen LogP contribution in [-0.2, 0) is 0 Å². The lowest BCUT2D eigenvalue weighted by atomic mass is 10.0. The first kappa shape index (κ1) is 14.1. The van der Waals surface area contributed by atoms with Crippen LogP contribution in [0.1, 0.15) is 16.5 Å². The number of hydrogen-bond acceptors (Lipinski definition) is 3. The summed E-state index contributed by atoms with van der Waals surface area (Å²) in [6.07, 6.45) is 0. The number of nitrogens with two attached hydrogens (primary N) is 1. The van der Waals surface area contributed by atoms with Gasteiger partial charge in [0.05, 0.1) is 14.3 Å². The fourth-order valence-electron chi connectivity index (χ4n) is 1.60. The van der Waals surface area contributed by atoms with Crippen molar-refractivity contribution in [2.24, 2.45) is 5.84 Å². The second kappa shape index (κ2) is 5.75. The average molecular weight is 398 g/mol. The molecule has 2 aromatic rings. The molecule has 0 aliphatic carbocycles. The monoisotopic (exact) mass is 396 g/mol. The summed E-state index contributed by atoms with van der Waals surface area (Å²) in [4.78, 5) is 0.722. The average Bonchev–Trinajstić information content (AvgIpc) is 2.76. The number of nitrogens with one attached hydrogen (secondary N) is 1. The van der Waals surface area contributed by atoms with Crippen molar-refractivity contribution in [3.05, 3.63) is 54.6 Å². The van der Waals surface area contributed by atoms with Crippen molar-refractivity contribution in [3.8, 4) is 0 Å². The fraction of sp³-hybridized carbons (Fsp3) is 0.0909. The van der Waals surface area contributed by atoms with E-state index in [0.29, 0.717) is 0 Å². The van der Waals surface area contributed by atoms with E-state index < -0.39 is 17.7 Å². The minimum atomic E-state index is -0.723. The van der Waals surface area contributed by atoms with Gasteiger partial charge in [0.15, 0.2) is 0 Å². The predicted octanol–water partition coefficient (Wildman–Crippen LogP) is 4.10. The van der Waals surface area contributed by atoms with Crippen LogP contribution in [0.25, 0.3) is 0 Å². The maximum atomic E-state index is 14.0. The van der Waals surface area contributed by atoms with E-state index in [2.05, 4.69) is 37.3 Å². The maximum absolute atomic E-state index is 14.0. The van der Waals surface area contributed by atoms with E-state index in [0.717, 1.165) is 8.66 Å². The third kappa shape index (κ3) is 2.65. The molecule has 0 bridgehead atoms. The van der Waals surface area contributed by atoms with E-state index in [4.69, 9.17) is 5.84 Å². The number of rotatable bonds is 3. The molecule has 2 rings (SSSR count). The minimum absolute atomic E-state index is 0.0961. The van der Waals surface area contributed by atoms with Gasteiger partial charge >= 0.3 is 0 Å². The highest BCUT2D eigenvalue weighted by atomic mass is 79.9. The minimum Gasteiger partial charge on any atom is -0.271 e. The van der Waals surface area contributed by atoms with Gasteiger partial charge in [-0.25, -0.2) is 14.2 Å². The molecule has 96 valence electrons. The number of benzene rings is 1. The summed E-state index contributed by atoms with van der Waals surface area (Å²) < 4.78 is 28.9. The van der Waals surface area contributed by atoms with Gasteiger partial charge in [-0.3, -0.25) is 5.84 Å². The third-order valence-corrected chi connectivity index (χ3v) is 4.71. The molecule has 18 heavy (non-hydrogen) atoms. The van der Waals surface area contributed by atoms with Crippen LogP contribution in [0.4, 0.5) is 8.78 Å². The van der Waals surface area contributed by atoms with Crippen LogP contribution in [0, 0.1) is 11.6 Å². The van der Waals surface area contributed by atoms with Crippen molar-refractivity contribution < 1.29 is 8.78 Å². The number of thiophene rings is 1. The van der Waals surface area contributed by atoms with Crippen molar-refractivity contribution in [3.63, 3.8) is 0 Å². The second-order valence-electron chi connectivity index (χ2n) is 3.50. The smallest absolute Gasteiger partial charge is 0.145 e. The van der Waals surface area contributed by atoms with Gasteiger partial charge in [0.2, 0.25) is 0 Å². The Labute approximate surface area is 123 Å². The molecule has 0 radical (unpaired) electrons. The van der Waals surface area contributed by atoms with E-state index in [-0.39, 0.29) is 10.0 Å². The normalized spacial score (nSPS) is 12.7. The molecule has 1 aromatic carbocycles. The van der Waals surface area contributed by atoms with E-state index in [1.165, 1.54) is 23.5 Å². The maximum Gasteiger partial charge on any atom is 0.145 e. The number of hydrogen-bond donors (Lipinski definition) is 2. The summed E-state index contributed by atoms with van der Waals surface area (Å²) in [6, 6.07) is 5.37. The lowest BCUT2D eigenvalue weighted by Gasteiger charge is -2.17. The van der Waals surface area contributed by atoms with Gasteiger partial charge in [-0.15, -0.1) is 11.3 Å². The van der Waals surface area contributed by atoms with Crippen molar-refractivity contribution >= 4 is 43.2 Å². The van der Waals surface area contributed by atoms with Crippen LogP contribution in [0.5, 0.6) is 0 Å². The third-order valence-electron chi connectivity index (χ3n) is 2.41. The molecule has 0 spiro atoms. The van der Waals surface area contributed by atoms with Gasteiger partial charge in [-0.2, -0.15) is 0 Å². The van der Waals surface area contributed by atoms with Gasteiger partial charge in [-0.1, -0.05) is 0 Å². The molecular formula is C11H8Br2F2N2S. The van der Waals surface area contributed by atoms with E-state index in [1.54, 1.807) is 12.1 Å². The Kier molecular flexibility index (Phi) is 4.50. The number of hydrazine groups is 1. The topological polar surface area (TPSA) is 38.0 Å². The highest BCUT2D eigenvalue weighted by molar-refractivity contribution is 9.11. The molecule has 1 atom stereocenters. The van der Waals surface area contributed by atoms with E-state index >= 15 is 0 Å². The van der Waals surface area contributed by atoms with Crippen LogP contribution < -0.4 is 11.3 Å². The van der Waals surface area contributed by atoms with Crippen molar-refractivity contribution in [2.45, 2.75) is 6.04 Å². The van der Waals surface area contributed by atoms with Crippen molar-refractivity contribution in [1.29, 1.82) is 0 Å². The molecule has 0 saturated heterocycles. The van der Waals surface area contributed by atoms with Gasteiger partial charge < -0.3 is 0 Å². The Morgan fingerprint density at radius 2 is 1.89 bits per heavy atom. The van der Waals surface area contributed by atoms with Crippen LogP contribution in [-0.4, -0.2) is 0 Å². The molecule has 0 amide bonds. The molecule has 1 heterocycles. The van der Waals surface area contributed by atoms with Crippen LogP contribution in [0.15, 0.2) is 32.5 Å².